The number of aliphatic hydroxyl groups is 1. The lowest BCUT2D eigenvalue weighted by molar-refractivity contribution is -0.127. The smallest absolute Gasteiger partial charge is 0.161 e. The topological polar surface area (TPSA) is 125 Å². The van der Waals surface area contributed by atoms with E-state index in [1.165, 1.54) is 13.5 Å². The third-order valence-electron chi connectivity index (χ3n) is 8.79. The molecule has 1 aliphatic carbocycles. The van der Waals surface area contributed by atoms with Crippen LogP contribution in [0, 0.1) is 5.41 Å². The predicted molar refractivity (Wildman–Crippen MR) is 170 cm³/mol. The van der Waals surface area contributed by atoms with Crippen LogP contribution in [0.5, 0.6) is 11.5 Å². The number of methoxy groups -OCH3 is 1. The number of hydrogen-bond donors (Lipinski definition) is 2. The number of rotatable bonds is 16. The average molecular weight is 596 g/mol. The highest BCUT2D eigenvalue weighted by Crippen LogP contribution is 2.56. The zero-order valence-corrected chi connectivity index (χ0v) is 25.6. The highest BCUT2D eigenvalue weighted by atomic mass is 16.5. The number of ether oxygens (including phenoxy) is 1. The summed E-state index contributed by atoms with van der Waals surface area (Å²) in [5.74, 6) is 0.258. The molecule has 5 rings (SSSR count). The monoisotopic (exact) mass is 595 g/mol. The maximum atomic E-state index is 12.8. The predicted octanol–water partition coefficient (Wildman–Crippen LogP) is 6.86. The molecule has 3 aromatic rings. The zero-order valence-electron chi connectivity index (χ0n) is 25.6. The molecule has 0 radical (unpaired) electrons. The fourth-order valence-corrected chi connectivity index (χ4v) is 6.61. The van der Waals surface area contributed by atoms with Crippen LogP contribution in [0.25, 0.3) is 10.9 Å². The van der Waals surface area contributed by atoms with Crippen molar-refractivity contribution in [1.82, 2.24) is 9.97 Å². The normalized spacial score (nSPS) is 18.3. The summed E-state index contributed by atoms with van der Waals surface area (Å²) in [6, 6.07) is 9.36. The van der Waals surface area contributed by atoms with Crippen molar-refractivity contribution in [1.29, 1.82) is 0 Å². The molecule has 2 N–H and O–H groups in total. The molecule has 0 saturated carbocycles. The van der Waals surface area contributed by atoms with E-state index in [9.17, 15) is 19.8 Å². The van der Waals surface area contributed by atoms with E-state index in [4.69, 9.17) is 4.74 Å². The number of ketones is 2. The summed E-state index contributed by atoms with van der Waals surface area (Å²) >= 11 is 0. The Morgan fingerprint density at radius 1 is 1.07 bits per heavy atom. The first kappa shape index (κ1) is 31.3. The van der Waals surface area contributed by atoms with Gasteiger partial charge in [0.1, 0.15) is 11.6 Å². The fraction of sp³-hybridized carbons (Fsp3) is 0.417. The molecular formula is C36H41N3O5-2. The van der Waals surface area contributed by atoms with E-state index < -0.39 is 11.3 Å². The minimum atomic E-state index is -0.857. The molecule has 232 valence electrons. The van der Waals surface area contributed by atoms with E-state index in [0.717, 1.165) is 53.6 Å². The lowest BCUT2D eigenvalue weighted by atomic mass is 9.61. The first-order valence-corrected chi connectivity index (χ1v) is 15.6. The van der Waals surface area contributed by atoms with Crippen LogP contribution in [-0.4, -0.2) is 40.5 Å². The summed E-state index contributed by atoms with van der Waals surface area (Å²) in [7, 11) is 1.50. The van der Waals surface area contributed by atoms with Gasteiger partial charge >= 0.3 is 0 Å². The molecule has 0 spiro atoms. The molecule has 44 heavy (non-hydrogen) atoms. The minimum absolute atomic E-state index is 0.00366. The zero-order chi connectivity index (χ0) is 31.1. The Morgan fingerprint density at radius 2 is 1.89 bits per heavy atom. The van der Waals surface area contributed by atoms with Crippen molar-refractivity contribution in [3.63, 3.8) is 0 Å². The number of phenols is 1. The summed E-state index contributed by atoms with van der Waals surface area (Å²) < 4.78 is 5.61. The quantitative estimate of drug-likeness (QED) is 0.137. The number of carbonyl (C=O) groups excluding carboxylic acids is 2. The summed E-state index contributed by atoms with van der Waals surface area (Å²) in [6.45, 7) is 1.95. The van der Waals surface area contributed by atoms with Crippen molar-refractivity contribution >= 4 is 23.0 Å². The number of aryl methyl sites for hydroxylation is 1. The second kappa shape index (κ2) is 14.1. The molecule has 0 bridgehead atoms. The molecular weight excluding hydrogens is 554 g/mol. The van der Waals surface area contributed by atoms with Gasteiger partial charge in [0.25, 0.3) is 0 Å². The van der Waals surface area contributed by atoms with Crippen LogP contribution in [0.2, 0.25) is 0 Å². The number of allylic oxidation sites excluding steroid dienone is 2. The van der Waals surface area contributed by atoms with Crippen molar-refractivity contribution in [2.75, 3.05) is 13.7 Å². The first-order chi connectivity index (χ1) is 21.4. The molecule has 0 fully saturated rings. The van der Waals surface area contributed by atoms with Gasteiger partial charge < -0.3 is 30.2 Å². The van der Waals surface area contributed by atoms with Crippen molar-refractivity contribution in [2.24, 2.45) is 5.41 Å². The molecule has 2 atom stereocenters. The lowest BCUT2D eigenvalue weighted by Crippen LogP contribution is -2.37. The number of pyridine rings is 1. The number of unbranched alkanes of at least 4 members (excludes halogenated alkanes) is 4. The van der Waals surface area contributed by atoms with Gasteiger partial charge in [0.2, 0.25) is 0 Å². The van der Waals surface area contributed by atoms with Gasteiger partial charge in [0.15, 0.2) is 11.5 Å². The van der Waals surface area contributed by atoms with Crippen LogP contribution in [0.4, 0.5) is 5.82 Å². The van der Waals surface area contributed by atoms with Gasteiger partial charge in [-0.3, -0.25) is 9.59 Å². The van der Waals surface area contributed by atoms with Crippen LogP contribution >= 0.6 is 0 Å². The van der Waals surface area contributed by atoms with E-state index in [1.807, 2.05) is 30.3 Å². The average Bonchev–Trinajstić information content (AvgIpc) is 3.54. The number of phenolic OH excluding ortho intramolecular Hbond substituents is 1. The molecule has 2 aromatic heterocycles. The standard InChI is InChI=1S/C36H41N3O5/c1-3-4-5-6-7-10-27(41)20-28(42)12-11-24-18-30(34(43)31(19-24)44-2)33-29-14-17-39-35-32(29)25(13-16-38-35)21-36(33,23-40)22-26-9-8-15-37-26/h8-9,13-19,21,33,40H,3-7,10-12,20,22-23H2,1-2H3,(H-,38,39,43)/q-2. The number of aliphatic hydroxyl groups excluding tert-OH is 1. The van der Waals surface area contributed by atoms with Gasteiger partial charge in [-0.2, -0.15) is 11.9 Å². The number of aromatic hydroxyl groups is 1. The van der Waals surface area contributed by atoms with Gasteiger partial charge in [-0.25, -0.2) is 0 Å². The van der Waals surface area contributed by atoms with E-state index in [2.05, 4.69) is 28.3 Å². The highest BCUT2D eigenvalue weighted by Gasteiger charge is 2.44. The minimum Gasteiger partial charge on any atom is -0.668 e. The summed E-state index contributed by atoms with van der Waals surface area (Å²) in [6.07, 6.45) is 15.8. The summed E-state index contributed by atoms with van der Waals surface area (Å²) in [5, 5.41) is 27.2. The van der Waals surface area contributed by atoms with Gasteiger partial charge in [0, 0.05) is 29.7 Å². The molecule has 2 aliphatic rings. The van der Waals surface area contributed by atoms with Crippen LogP contribution < -0.4 is 9.72 Å². The highest BCUT2D eigenvalue weighted by molar-refractivity contribution is 5.99. The molecule has 3 heterocycles. The Bertz CT molecular complexity index is 1540. The first-order valence-electron chi connectivity index (χ1n) is 15.6. The SMILES string of the molecule is CCCCCCCC(=O)CC(=O)CCc1cc(OC)c(O)c(C2c3ccnc4c3C(=CC2(CO)Cc2ccc[n-]2)C=C[N-]4)c1. The maximum absolute atomic E-state index is 12.8. The van der Waals surface area contributed by atoms with Crippen LogP contribution in [0.15, 0.2) is 61.1 Å². The molecule has 1 aliphatic heterocycles. The van der Waals surface area contributed by atoms with Crippen molar-refractivity contribution in [3.05, 3.63) is 94.3 Å². The van der Waals surface area contributed by atoms with E-state index >= 15 is 0 Å². The van der Waals surface area contributed by atoms with Crippen LogP contribution in [0.3, 0.4) is 0 Å². The molecule has 8 heteroatoms. The maximum Gasteiger partial charge on any atom is 0.161 e. The number of nitrogens with zero attached hydrogens (tertiary/aromatic N) is 3. The Balaban J connectivity index is 1.46. The number of benzene rings is 1. The van der Waals surface area contributed by atoms with Crippen molar-refractivity contribution < 1.29 is 24.5 Å². The Hall–Kier alpha value is -4.17. The molecule has 8 nitrogen and oxygen atoms in total. The summed E-state index contributed by atoms with van der Waals surface area (Å²) in [5.41, 5.74) is 4.02. The Morgan fingerprint density at radius 3 is 2.64 bits per heavy atom. The molecule has 0 amide bonds. The Kier molecular flexibility index (Phi) is 10.0. The van der Waals surface area contributed by atoms with Gasteiger partial charge in [-0.15, -0.1) is 0 Å². The van der Waals surface area contributed by atoms with Gasteiger partial charge in [0.05, 0.1) is 20.1 Å². The number of aromatic nitrogens is 2. The van der Waals surface area contributed by atoms with E-state index in [1.54, 1.807) is 24.7 Å². The third kappa shape index (κ3) is 6.65. The number of Topliss-reactive ketones (excluding diaryl/α,β-unsaturated/α-hetero) is 2. The molecule has 2 unspecified atom stereocenters. The summed E-state index contributed by atoms with van der Waals surface area (Å²) in [4.78, 5) is 34.2. The van der Waals surface area contributed by atoms with Crippen LogP contribution in [-0.2, 0) is 22.4 Å². The number of carbonyl (C=O) groups is 2. The second-order valence-electron chi connectivity index (χ2n) is 11.9. The van der Waals surface area contributed by atoms with Gasteiger partial charge in [-0.1, -0.05) is 87.2 Å². The Labute approximate surface area is 259 Å². The van der Waals surface area contributed by atoms with Crippen LogP contribution in [0.1, 0.15) is 92.2 Å². The lowest BCUT2D eigenvalue weighted by Gasteiger charge is -2.45. The number of hydrogen-bond acceptors (Lipinski definition) is 6. The molecule has 0 saturated heterocycles. The van der Waals surface area contributed by atoms with E-state index in [-0.39, 0.29) is 42.5 Å². The van der Waals surface area contributed by atoms with Crippen molar-refractivity contribution in [2.45, 2.75) is 77.0 Å². The second-order valence-corrected chi connectivity index (χ2v) is 11.9. The third-order valence-corrected chi connectivity index (χ3v) is 8.79. The van der Waals surface area contributed by atoms with E-state index in [0.29, 0.717) is 30.6 Å². The largest absolute Gasteiger partial charge is 0.668 e. The van der Waals surface area contributed by atoms with Gasteiger partial charge in [-0.05, 0) is 47.6 Å². The molecule has 1 aromatic carbocycles. The fourth-order valence-electron chi connectivity index (χ4n) is 6.61. The van der Waals surface area contributed by atoms with Crippen molar-refractivity contribution in [3.8, 4) is 11.5 Å².